The Morgan fingerprint density at radius 1 is 0.667 bits per heavy atom. The van der Waals surface area contributed by atoms with Gasteiger partial charge in [-0.1, -0.05) is 117 Å². The number of rotatable bonds is 1. The topological polar surface area (TPSA) is 0 Å². The molecule has 0 unspecified atom stereocenters. The van der Waals surface area contributed by atoms with Gasteiger partial charge in [-0.25, -0.2) is 0 Å². The molecule has 0 amide bonds. The molecule has 0 saturated heterocycles. The van der Waals surface area contributed by atoms with Crippen molar-refractivity contribution in [3.63, 3.8) is 0 Å². The highest BCUT2D eigenvalue weighted by Crippen LogP contribution is 2.15. The van der Waals surface area contributed by atoms with E-state index in [1.165, 1.54) is 49.7 Å². The van der Waals surface area contributed by atoms with E-state index in [1.54, 1.807) is 0 Å². The Kier molecular flexibility index (Phi) is 9.82. The fourth-order valence-electron chi connectivity index (χ4n) is 2.18. The van der Waals surface area contributed by atoms with Gasteiger partial charge < -0.3 is 0 Å². The van der Waals surface area contributed by atoms with Gasteiger partial charge in [0.2, 0.25) is 0 Å². The van der Waals surface area contributed by atoms with Crippen molar-refractivity contribution in [3.05, 3.63) is 78.4 Å². The summed E-state index contributed by atoms with van der Waals surface area (Å²) in [7, 11) is 0. The van der Waals surface area contributed by atoms with E-state index in [1.807, 2.05) is 54.6 Å². The van der Waals surface area contributed by atoms with Crippen LogP contribution in [0.2, 0.25) is 0 Å². The van der Waals surface area contributed by atoms with Crippen molar-refractivity contribution >= 4 is 6.08 Å². The minimum atomic E-state index is 1.17. The Morgan fingerprint density at radius 3 is 1.29 bits per heavy atom. The lowest BCUT2D eigenvalue weighted by Crippen LogP contribution is -1.85. The lowest BCUT2D eigenvalue weighted by atomic mass is 10.0. The van der Waals surface area contributed by atoms with E-state index in [4.69, 9.17) is 0 Å². The van der Waals surface area contributed by atoms with Crippen LogP contribution in [0.4, 0.5) is 0 Å². The molecule has 1 fully saturated rings. The third-order valence-corrected chi connectivity index (χ3v) is 3.48. The molecule has 0 heterocycles. The van der Waals surface area contributed by atoms with Crippen LogP contribution < -0.4 is 0 Å². The summed E-state index contributed by atoms with van der Waals surface area (Å²) in [5.41, 5.74) is 2.50. The van der Waals surface area contributed by atoms with E-state index in [-0.39, 0.29) is 0 Å². The summed E-state index contributed by atoms with van der Waals surface area (Å²) < 4.78 is 0. The fourth-order valence-corrected chi connectivity index (χ4v) is 2.18. The van der Waals surface area contributed by atoms with Crippen LogP contribution in [0, 0.1) is 6.92 Å². The molecule has 0 spiro atoms. The highest BCUT2D eigenvalue weighted by molar-refractivity contribution is 5.45. The van der Waals surface area contributed by atoms with Gasteiger partial charge in [-0.15, -0.1) is 0 Å². The number of benzene rings is 2. The molecule has 0 atom stereocenters. The second-order valence-electron chi connectivity index (χ2n) is 5.39. The summed E-state index contributed by atoms with van der Waals surface area (Å²) in [6.07, 6.45) is 10.8. The highest BCUT2D eigenvalue weighted by atomic mass is 14.0. The Labute approximate surface area is 130 Å². The Morgan fingerprint density at radius 2 is 1.05 bits per heavy atom. The first-order chi connectivity index (χ1) is 10.3. The molecule has 1 aliphatic carbocycles. The van der Waals surface area contributed by atoms with Gasteiger partial charge in [0.05, 0.1) is 0 Å². The molecular weight excluding hydrogens is 252 g/mol. The lowest BCUT2D eigenvalue weighted by Gasteiger charge is -2.05. The summed E-state index contributed by atoms with van der Waals surface area (Å²) in [5, 5.41) is 0. The van der Waals surface area contributed by atoms with Crippen molar-refractivity contribution in [2.24, 2.45) is 0 Å². The average molecular weight is 280 g/mol. The van der Waals surface area contributed by atoms with E-state index >= 15 is 0 Å². The Balaban J connectivity index is 0.000000159. The van der Waals surface area contributed by atoms with E-state index in [9.17, 15) is 0 Å². The summed E-state index contributed by atoms with van der Waals surface area (Å²) in [4.78, 5) is 0. The first kappa shape index (κ1) is 17.2. The number of hydrogen-bond acceptors (Lipinski definition) is 0. The van der Waals surface area contributed by atoms with Crippen LogP contribution in [0.1, 0.15) is 49.7 Å². The summed E-state index contributed by atoms with van der Waals surface area (Å²) in [6, 6.07) is 20.3. The van der Waals surface area contributed by atoms with Crippen molar-refractivity contribution in [3.8, 4) is 0 Å². The number of hydrogen-bond donors (Lipinski definition) is 0. The van der Waals surface area contributed by atoms with Gasteiger partial charge >= 0.3 is 0 Å². The molecule has 0 heteroatoms. The molecule has 0 bridgehead atoms. The fraction of sp³-hybridized carbons (Fsp3) is 0.333. The largest absolute Gasteiger partial charge is 0.0985 e. The first-order valence-corrected chi connectivity index (χ1v) is 8.02. The van der Waals surface area contributed by atoms with Gasteiger partial charge in [0.15, 0.2) is 0 Å². The highest BCUT2D eigenvalue weighted by Gasteiger charge is 1.95. The van der Waals surface area contributed by atoms with E-state index < -0.39 is 0 Å². The maximum Gasteiger partial charge on any atom is -0.0263 e. The molecule has 1 aliphatic rings. The van der Waals surface area contributed by atoms with Gasteiger partial charge in [0, 0.05) is 0 Å². The van der Waals surface area contributed by atoms with Crippen LogP contribution >= 0.6 is 0 Å². The van der Waals surface area contributed by atoms with Crippen molar-refractivity contribution in [2.75, 3.05) is 0 Å². The second-order valence-corrected chi connectivity index (χ2v) is 5.39. The summed E-state index contributed by atoms with van der Waals surface area (Å²) >= 11 is 0. The van der Waals surface area contributed by atoms with Gasteiger partial charge in [-0.2, -0.15) is 0 Å². The molecule has 1 saturated carbocycles. The van der Waals surface area contributed by atoms with Gasteiger partial charge in [-0.3, -0.25) is 0 Å². The minimum absolute atomic E-state index is 1.17. The maximum atomic E-state index is 3.63. The molecule has 3 rings (SSSR count). The molecule has 2 aromatic rings. The van der Waals surface area contributed by atoms with Crippen LogP contribution in [0.5, 0.6) is 0 Å². The minimum Gasteiger partial charge on any atom is -0.0985 e. The third kappa shape index (κ3) is 9.67. The monoisotopic (exact) mass is 280 g/mol. The Bertz CT molecular complexity index is 440. The predicted molar refractivity (Wildman–Crippen MR) is 95.4 cm³/mol. The zero-order valence-electron chi connectivity index (χ0n) is 13.3. The SMILES string of the molecule is C1CCCCC1.C=Cc1ccccc1.Cc1ccccc1. The standard InChI is InChI=1S/C8H8.C7H8.C6H12/c1-2-8-6-4-3-5-7-8;1-7-5-3-2-4-6-7;1-2-4-6-5-3-1/h2-7H,1H2;2-6H,1H3;1-6H2. The second kappa shape index (κ2) is 12.0. The van der Waals surface area contributed by atoms with Crippen molar-refractivity contribution in [1.29, 1.82) is 0 Å². The molecule has 0 radical (unpaired) electrons. The van der Waals surface area contributed by atoms with E-state index in [2.05, 4.69) is 25.6 Å². The normalized spacial score (nSPS) is 13.0. The summed E-state index contributed by atoms with van der Waals surface area (Å²) in [5.74, 6) is 0. The van der Waals surface area contributed by atoms with Crippen LogP contribution in [0.15, 0.2) is 67.2 Å². The molecule has 112 valence electrons. The molecule has 0 nitrogen and oxygen atoms in total. The van der Waals surface area contributed by atoms with E-state index in [0.717, 1.165) is 0 Å². The number of aryl methyl sites for hydroxylation is 1. The summed E-state index contributed by atoms with van der Waals surface area (Å²) in [6.45, 7) is 5.71. The van der Waals surface area contributed by atoms with Gasteiger partial charge in [0.1, 0.15) is 0 Å². The smallest absolute Gasteiger partial charge is 0.0263 e. The first-order valence-electron chi connectivity index (χ1n) is 8.02. The third-order valence-electron chi connectivity index (χ3n) is 3.48. The van der Waals surface area contributed by atoms with Crippen LogP contribution in [0.25, 0.3) is 6.08 Å². The zero-order valence-corrected chi connectivity index (χ0v) is 13.3. The van der Waals surface area contributed by atoms with Crippen molar-refractivity contribution in [2.45, 2.75) is 45.4 Å². The molecule has 0 N–H and O–H groups in total. The Hall–Kier alpha value is -1.82. The molecular formula is C21H28. The maximum absolute atomic E-state index is 3.63. The zero-order chi connectivity index (χ0) is 15.2. The average Bonchev–Trinajstić information content (AvgIpc) is 2.59. The van der Waals surface area contributed by atoms with Crippen LogP contribution in [-0.4, -0.2) is 0 Å². The van der Waals surface area contributed by atoms with Crippen LogP contribution in [0.3, 0.4) is 0 Å². The molecule has 21 heavy (non-hydrogen) atoms. The predicted octanol–water partition coefficient (Wildman–Crippen LogP) is 6.67. The molecule has 2 aromatic carbocycles. The quantitative estimate of drug-likeness (QED) is 0.547. The van der Waals surface area contributed by atoms with E-state index in [0.29, 0.717) is 0 Å². The van der Waals surface area contributed by atoms with Gasteiger partial charge in [-0.05, 0) is 12.5 Å². The molecule has 0 aromatic heterocycles. The van der Waals surface area contributed by atoms with Crippen LogP contribution in [-0.2, 0) is 0 Å². The van der Waals surface area contributed by atoms with Gasteiger partial charge in [0.25, 0.3) is 0 Å². The van der Waals surface area contributed by atoms with Crippen molar-refractivity contribution in [1.82, 2.24) is 0 Å². The molecule has 0 aliphatic heterocycles. The van der Waals surface area contributed by atoms with Crippen molar-refractivity contribution < 1.29 is 0 Å². The lowest BCUT2D eigenvalue weighted by molar-refractivity contribution is 0.504.